The van der Waals surface area contributed by atoms with E-state index in [1.54, 1.807) is 21.7 Å². The number of ether oxygens (including phenoxy) is 1. The fourth-order valence-corrected chi connectivity index (χ4v) is 8.95. The first-order valence-electron chi connectivity index (χ1n) is 22.0. The Morgan fingerprint density at radius 2 is 1.73 bits per heavy atom. The molecule has 1 unspecified atom stereocenters. The average Bonchev–Trinajstić information content (AvgIpc) is 3.60. The molecule has 1 saturated carbocycles. The van der Waals surface area contributed by atoms with Crippen molar-refractivity contribution in [3.8, 4) is 5.75 Å². The fraction of sp³-hybridized carbons (Fsp3) is 0.489. The van der Waals surface area contributed by atoms with Crippen molar-refractivity contribution in [1.82, 2.24) is 40.3 Å². The van der Waals surface area contributed by atoms with Gasteiger partial charge in [-0.1, -0.05) is 18.0 Å². The molecule has 1 aliphatic carbocycles. The lowest BCUT2D eigenvalue weighted by molar-refractivity contribution is -0.137. The minimum Gasteiger partial charge on any atom is -0.478 e. The number of hydrogen-bond acceptors (Lipinski definition) is 13. The number of nitrogens with zero attached hydrogens (tertiary/aromatic N) is 7. The molecule has 4 amide bonds. The van der Waals surface area contributed by atoms with Crippen molar-refractivity contribution in [3.05, 3.63) is 75.2 Å². The number of halogens is 1. The van der Waals surface area contributed by atoms with Gasteiger partial charge < -0.3 is 40.0 Å². The highest BCUT2D eigenvalue weighted by molar-refractivity contribution is 6.33. The highest BCUT2D eigenvalue weighted by Crippen LogP contribution is 2.32. The zero-order chi connectivity index (χ0) is 44.2. The lowest BCUT2D eigenvalue weighted by Crippen LogP contribution is -2.52. The van der Waals surface area contributed by atoms with Crippen LogP contribution in [0.4, 0.5) is 23.1 Å². The fourth-order valence-electron chi connectivity index (χ4n) is 8.82. The largest absolute Gasteiger partial charge is 0.478 e. The Labute approximate surface area is 371 Å². The number of piperidine rings is 1. The summed E-state index contributed by atoms with van der Waals surface area (Å²) < 4.78 is 7.24. The van der Waals surface area contributed by atoms with Crippen LogP contribution in [0.3, 0.4) is 0 Å². The average molecular weight is 882 g/mol. The van der Waals surface area contributed by atoms with Gasteiger partial charge in [-0.2, -0.15) is 4.98 Å². The Morgan fingerprint density at radius 3 is 2.43 bits per heavy atom. The monoisotopic (exact) mass is 881 g/mol. The summed E-state index contributed by atoms with van der Waals surface area (Å²) in [5.74, 6) is 1.11. The van der Waals surface area contributed by atoms with E-state index in [9.17, 15) is 24.0 Å². The van der Waals surface area contributed by atoms with Crippen molar-refractivity contribution < 1.29 is 23.9 Å². The molecule has 4 fully saturated rings. The van der Waals surface area contributed by atoms with E-state index in [4.69, 9.17) is 21.3 Å². The molecule has 17 nitrogen and oxygen atoms in total. The Morgan fingerprint density at radius 1 is 0.952 bits per heavy atom. The summed E-state index contributed by atoms with van der Waals surface area (Å²) in [6.45, 7) is 12.9. The van der Waals surface area contributed by atoms with Gasteiger partial charge >= 0.3 is 0 Å². The van der Waals surface area contributed by atoms with Crippen LogP contribution < -0.4 is 41.4 Å². The van der Waals surface area contributed by atoms with E-state index >= 15 is 0 Å². The molecule has 0 bridgehead atoms. The maximum absolute atomic E-state index is 13.1. The maximum atomic E-state index is 13.1. The number of likely N-dealkylation sites (N-methyl/N-ethyl adjacent to an activating group) is 1. The van der Waals surface area contributed by atoms with Crippen LogP contribution in [0.1, 0.15) is 67.9 Å². The molecule has 4 aromatic rings. The number of imide groups is 1. The molecule has 6 heterocycles. The molecule has 3 saturated heterocycles. The number of piperazine rings is 2. The number of carbonyl (C=O) groups excluding carboxylic acids is 4. The zero-order valence-electron chi connectivity index (χ0n) is 36.1. The lowest BCUT2D eigenvalue weighted by atomic mass is 9.85. The Bertz CT molecular complexity index is 2430. The lowest BCUT2D eigenvalue weighted by Gasteiger charge is -2.38. The molecule has 1 atom stereocenters. The van der Waals surface area contributed by atoms with Gasteiger partial charge in [-0.15, -0.1) is 0 Å². The second-order valence-electron chi connectivity index (χ2n) is 17.1. The van der Waals surface area contributed by atoms with Crippen LogP contribution in [0.5, 0.6) is 5.75 Å². The van der Waals surface area contributed by atoms with Gasteiger partial charge in [-0.05, 0) is 87.1 Å². The van der Waals surface area contributed by atoms with E-state index in [0.717, 1.165) is 86.1 Å². The van der Waals surface area contributed by atoms with Crippen LogP contribution in [-0.2, 0) is 20.9 Å². The summed E-state index contributed by atoms with van der Waals surface area (Å²) in [5.41, 5.74) is 3.98. The van der Waals surface area contributed by atoms with Crippen LogP contribution in [-0.4, -0.2) is 127 Å². The van der Waals surface area contributed by atoms with Gasteiger partial charge in [-0.25, -0.2) is 4.98 Å². The van der Waals surface area contributed by atoms with E-state index in [1.807, 2.05) is 44.2 Å². The predicted molar refractivity (Wildman–Crippen MR) is 242 cm³/mol. The van der Waals surface area contributed by atoms with Crippen LogP contribution in [0.25, 0.3) is 10.9 Å². The summed E-state index contributed by atoms with van der Waals surface area (Å²) in [6, 6.07) is 12.6. The molecular formula is C45H56ClN11O6. The van der Waals surface area contributed by atoms with Gasteiger partial charge in [0, 0.05) is 107 Å². The van der Waals surface area contributed by atoms with Gasteiger partial charge in [0.25, 0.3) is 17.4 Å². The van der Waals surface area contributed by atoms with E-state index in [2.05, 4.69) is 47.0 Å². The normalized spacial score (nSPS) is 19.3. The molecule has 0 spiro atoms. The second kappa shape index (κ2) is 19.3. The molecule has 18 heteroatoms. The standard InChI is InChI=1S/C28H36ClN7O3.C17H20N4O3/c1-18(2)36-23-8-7-21(13-20(23)14-24(27(36)38)39-17-25(37)30-3)32-26-22(29)15-31-28(33-26)35-11-9-34(10-12-35)16-19-5-4-6-19;22-15-4-3-14(16(23)19-15)21-10-11-9-12(1-2-13(11)17(21)24)20-7-5-18-6-8-20/h7-8,13-15,18-19H,4-6,9-12,16-17H2,1-3H3,(H,30,37)(H,31,32,33);1-2,9,14,18H,3-8,10H2,(H,19,22,23). The first-order chi connectivity index (χ1) is 30.4. The third-order valence-electron chi connectivity index (χ3n) is 12.5. The number of carbonyl (C=O) groups is 4. The number of amides is 4. The molecule has 2 aromatic heterocycles. The van der Waals surface area contributed by atoms with E-state index in [-0.39, 0.29) is 54.0 Å². The first-order valence-corrected chi connectivity index (χ1v) is 22.4. The Hall–Kier alpha value is -5.78. The molecular weight excluding hydrogens is 826 g/mol. The number of rotatable bonds is 11. The third-order valence-corrected chi connectivity index (χ3v) is 12.8. The number of aromatic nitrogens is 3. The number of nitrogens with one attached hydrogen (secondary N) is 4. The molecule has 9 rings (SSSR count). The summed E-state index contributed by atoms with van der Waals surface area (Å²) in [7, 11) is 1.52. The smallest absolute Gasteiger partial charge is 0.293 e. The molecule has 4 aliphatic heterocycles. The second-order valence-corrected chi connectivity index (χ2v) is 17.5. The van der Waals surface area contributed by atoms with Crippen LogP contribution in [0.2, 0.25) is 5.02 Å². The van der Waals surface area contributed by atoms with Crippen molar-refractivity contribution in [1.29, 1.82) is 0 Å². The van der Waals surface area contributed by atoms with Crippen LogP contribution >= 0.6 is 11.6 Å². The molecule has 5 aliphatic rings. The molecule has 4 N–H and O–H groups in total. The molecule has 63 heavy (non-hydrogen) atoms. The Kier molecular flexibility index (Phi) is 13.4. The highest BCUT2D eigenvalue weighted by atomic mass is 35.5. The van der Waals surface area contributed by atoms with Crippen molar-refractivity contribution in [2.45, 2.75) is 64.6 Å². The maximum Gasteiger partial charge on any atom is 0.293 e. The topological polar surface area (TPSA) is 186 Å². The quantitative estimate of drug-likeness (QED) is 0.160. The van der Waals surface area contributed by atoms with Crippen molar-refractivity contribution in [3.63, 3.8) is 0 Å². The summed E-state index contributed by atoms with van der Waals surface area (Å²) in [4.78, 5) is 78.7. The van der Waals surface area contributed by atoms with Gasteiger partial charge in [0.1, 0.15) is 11.1 Å². The number of pyridine rings is 1. The summed E-state index contributed by atoms with van der Waals surface area (Å²) in [6.07, 6.45) is 6.42. The van der Waals surface area contributed by atoms with Crippen molar-refractivity contribution in [2.24, 2.45) is 5.92 Å². The number of hydrogen-bond donors (Lipinski definition) is 4. The third kappa shape index (κ3) is 9.90. The predicted octanol–water partition coefficient (Wildman–Crippen LogP) is 3.67. The van der Waals surface area contributed by atoms with Crippen molar-refractivity contribution in [2.75, 3.05) is 87.7 Å². The van der Waals surface area contributed by atoms with Gasteiger partial charge in [0.2, 0.25) is 17.8 Å². The summed E-state index contributed by atoms with van der Waals surface area (Å²) in [5, 5.41) is 12.7. The highest BCUT2D eigenvalue weighted by Gasteiger charge is 2.39. The van der Waals surface area contributed by atoms with Crippen molar-refractivity contribution >= 4 is 69.3 Å². The molecule has 0 radical (unpaired) electrons. The van der Waals surface area contributed by atoms with E-state index in [1.165, 1.54) is 32.9 Å². The van der Waals surface area contributed by atoms with E-state index < -0.39 is 6.04 Å². The first kappa shape index (κ1) is 43.9. The SMILES string of the molecule is CNC(=O)COc1cc2cc(Nc3nc(N4CCN(CC5CCC5)CC4)ncc3Cl)ccc2n(C(C)C)c1=O.O=C1CCC(N2Cc3cc(N4CCNCC4)ccc3C2=O)C(=O)N1. The number of anilines is 4. The Balaban J connectivity index is 0.000000193. The van der Waals surface area contributed by atoms with Gasteiger partial charge in [0.05, 0.1) is 11.7 Å². The summed E-state index contributed by atoms with van der Waals surface area (Å²) >= 11 is 6.49. The molecule has 334 valence electrons. The zero-order valence-corrected chi connectivity index (χ0v) is 36.9. The van der Waals surface area contributed by atoms with Gasteiger partial charge in [-0.3, -0.25) is 34.2 Å². The molecule has 2 aromatic carbocycles. The number of benzene rings is 2. The van der Waals surface area contributed by atoms with E-state index in [0.29, 0.717) is 35.3 Å². The van der Waals surface area contributed by atoms with Crippen LogP contribution in [0, 0.1) is 5.92 Å². The van der Waals surface area contributed by atoms with Crippen LogP contribution in [0.15, 0.2) is 53.5 Å². The number of fused-ring (bicyclic) bond motifs is 2. The van der Waals surface area contributed by atoms with Gasteiger partial charge in [0.15, 0.2) is 18.2 Å². The minimum absolute atomic E-state index is 0.101. The minimum atomic E-state index is -0.551.